The summed E-state index contributed by atoms with van der Waals surface area (Å²) in [6.07, 6.45) is -3.13. The number of halogens is 3. The van der Waals surface area contributed by atoms with E-state index in [1.165, 1.54) is 10.6 Å². The average Bonchev–Trinajstić information content (AvgIpc) is 3.29. The van der Waals surface area contributed by atoms with Crippen molar-refractivity contribution in [3.8, 4) is 5.75 Å². The van der Waals surface area contributed by atoms with Gasteiger partial charge in [0.25, 0.3) is 0 Å². The molecule has 8 nitrogen and oxygen atoms in total. The van der Waals surface area contributed by atoms with Gasteiger partial charge in [0, 0.05) is 19.2 Å². The molecule has 4 rings (SSSR count). The summed E-state index contributed by atoms with van der Waals surface area (Å²) in [4.78, 5) is 18.1. The minimum Gasteiger partial charge on any atom is -0.497 e. The predicted octanol–water partition coefficient (Wildman–Crippen LogP) is 2.80. The normalized spacial score (nSPS) is 13.5. The van der Waals surface area contributed by atoms with Crippen molar-refractivity contribution in [2.45, 2.75) is 29.9 Å². The summed E-state index contributed by atoms with van der Waals surface area (Å²) in [7, 11) is 1.67. The van der Waals surface area contributed by atoms with Gasteiger partial charge in [-0.15, -0.1) is 11.8 Å². The summed E-state index contributed by atoms with van der Waals surface area (Å²) in [5, 5.41) is 15.0. The second-order valence-electron chi connectivity index (χ2n) is 6.01. The Morgan fingerprint density at radius 1 is 1.41 bits per heavy atom. The number of carbonyl (C=O) groups is 1. The molecular formula is C17H18F3N5O3S. The summed E-state index contributed by atoms with van der Waals surface area (Å²) >= 11 is 1.77. The molecule has 29 heavy (non-hydrogen) atoms. The van der Waals surface area contributed by atoms with Crippen LogP contribution in [0.15, 0.2) is 29.3 Å². The lowest BCUT2D eigenvalue weighted by Crippen LogP contribution is -2.28. The van der Waals surface area contributed by atoms with Gasteiger partial charge >= 0.3 is 12.1 Å². The number of benzene rings is 1. The van der Waals surface area contributed by atoms with E-state index in [4.69, 9.17) is 14.6 Å². The van der Waals surface area contributed by atoms with Crippen LogP contribution in [0.2, 0.25) is 0 Å². The Morgan fingerprint density at radius 2 is 2.17 bits per heavy atom. The third-order valence-corrected chi connectivity index (χ3v) is 5.12. The maximum absolute atomic E-state index is 10.6. The van der Waals surface area contributed by atoms with Gasteiger partial charge in [-0.1, -0.05) is 0 Å². The van der Waals surface area contributed by atoms with E-state index in [0.29, 0.717) is 0 Å². The van der Waals surface area contributed by atoms with Crippen LogP contribution < -0.4 is 10.1 Å². The number of rotatable bonds is 4. The van der Waals surface area contributed by atoms with Gasteiger partial charge in [-0.05, 0) is 12.1 Å². The minimum atomic E-state index is -5.08. The van der Waals surface area contributed by atoms with Crippen LogP contribution in [0.4, 0.5) is 13.2 Å². The van der Waals surface area contributed by atoms with Crippen LogP contribution in [-0.2, 0) is 23.6 Å². The monoisotopic (exact) mass is 429 g/mol. The lowest BCUT2D eigenvalue weighted by atomic mass is 10.3. The van der Waals surface area contributed by atoms with E-state index < -0.39 is 12.1 Å². The maximum Gasteiger partial charge on any atom is 0.490 e. The number of thioether (sulfide) groups is 1. The third-order valence-electron chi connectivity index (χ3n) is 4.05. The molecule has 0 bridgehead atoms. The molecule has 0 unspecified atom stereocenters. The van der Waals surface area contributed by atoms with Gasteiger partial charge in [0.2, 0.25) is 0 Å². The van der Waals surface area contributed by atoms with Gasteiger partial charge < -0.3 is 20.1 Å². The highest BCUT2D eigenvalue weighted by Crippen LogP contribution is 2.27. The van der Waals surface area contributed by atoms with E-state index in [-0.39, 0.29) is 0 Å². The van der Waals surface area contributed by atoms with Gasteiger partial charge in [0.05, 0.1) is 47.2 Å². The first-order valence-corrected chi connectivity index (χ1v) is 9.47. The van der Waals surface area contributed by atoms with Crippen LogP contribution in [0.25, 0.3) is 11.0 Å². The van der Waals surface area contributed by atoms with Crippen LogP contribution >= 0.6 is 11.8 Å². The van der Waals surface area contributed by atoms with Crippen molar-refractivity contribution in [3.05, 3.63) is 35.9 Å². The molecule has 0 aliphatic carbocycles. The molecule has 0 atom stereocenters. The number of alkyl halides is 3. The number of imidazole rings is 1. The molecule has 1 aliphatic heterocycles. The molecule has 2 aromatic heterocycles. The number of fused-ring (bicyclic) bond motifs is 2. The van der Waals surface area contributed by atoms with Gasteiger partial charge in [0.1, 0.15) is 11.6 Å². The van der Waals surface area contributed by atoms with Gasteiger partial charge in [-0.3, -0.25) is 4.68 Å². The van der Waals surface area contributed by atoms with E-state index in [1.807, 2.05) is 24.4 Å². The molecule has 0 amide bonds. The molecule has 3 aromatic rings. The molecule has 1 aliphatic rings. The molecule has 0 saturated heterocycles. The Labute approximate surface area is 167 Å². The first-order valence-electron chi connectivity index (χ1n) is 8.49. The van der Waals surface area contributed by atoms with Crippen molar-refractivity contribution in [2.75, 3.05) is 13.7 Å². The average molecular weight is 429 g/mol. The van der Waals surface area contributed by atoms with E-state index in [9.17, 15) is 13.2 Å². The van der Waals surface area contributed by atoms with Crippen LogP contribution in [0, 0.1) is 0 Å². The Morgan fingerprint density at radius 3 is 2.86 bits per heavy atom. The number of carboxylic acids is 1. The fraction of sp³-hybridized carbons (Fsp3) is 0.353. The highest BCUT2D eigenvalue weighted by Gasteiger charge is 2.38. The summed E-state index contributed by atoms with van der Waals surface area (Å²) in [5.41, 5.74) is 3.25. The number of hydrogen-bond donors (Lipinski definition) is 3. The molecule has 0 saturated carbocycles. The highest BCUT2D eigenvalue weighted by molar-refractivity contribution is 7.98. The lowest BCUT2D eigenvalue weighted by molar-refractivity contribution is -0.192. The van der Waals surface area contributed by atoms with Crippen molar-refractivity contribution in [3.63, 3.8) is 0 Å². The molecule has 0 radical (unpaired) electrons. The number of hydrogen-bond acceptors (Lipinski definition) is 6. The molecule has 3 heterocycles. The number of nitrogens with zero attached hydrogens (tertiary/aromatic N) is 3. The fourth-order valence-electron chi connectivity index (χ4n) is 2.66. The zero-order valence-electron chi connectivity index (χ0n) is 15.3. The quantitative estimate of drug-likeness (QED) is 0.548. The fourth-order valence-corrected chi connectivity index (χ4v) is 3.55. The van der Waals surface area contributed by atoms with Crippen LogP contribution in [-0.4, -0.2) is 50.7 Å². The number of aliphatic carboxylic acids is 1. The predicted molar refractivity (Wildman–Crippen MR) is 99.8 cm³/mol. The van der Waals surface area contributed by atoms with Gasteiger partial charge in [0.15, 0.2) is 0 Å². The topological polar surface area (TPSA) is 105 Å². The number of aromatic amines is 1. The van der Waals surface area contributed by atoms with E-state index in [2.05, 4.69) is 25.1 Å². The Bertz CT molecular complexity index is 1000. The van der Waals surface area contributed by atoms with Crippen LogP contribution in [0.1, 0.15) is 11.5 Å². The van der Waals surface area contributed by atoms with Gasteiger partial charge in [-0.2, -0.15) is 18.3 Å². The Balaban J connectivity index is 0.000000298. The number of ether oxygens (including phenoxy) is 1. The van der Waals surface area contributed by atoms with Crippen molar-refractivity contribution in [1.82, 2.24) is 25.1 Å². The zero-order valence-corrected chi connectivity index (χ0v) is 16.1. The van der Waals surface area contributed by atoms with E-state index >= 15 is 0 Å². The van der Waals surface area contributed by atoms with Gasteiger partial charge in [-0.25, -0.2) is 9.78 Å². The molecule has 0 spiro atoms. The van der Waals surface area contributed by atoms with E-state index in [0.717, 1.165) is 48.0 Å². The largest absolute Gasteiger partial charge is 0.497 e. The van der Waals surface area contributed by atoms with Crippen LogP contribution in [0.5, 0.6) is 5.75 Å². The summed E-state index contributed by atoms with van der Waals surface area (Å²) in [6, 6.07) is 5.88. The standard InChI is InChI=1S/C15H17N5OS.C2HF3O2/c1-21-10-2-3-11-12(6-10)19-15(18-11)9-22-14-8-17-20-5-4-16-7-13(14)20;3-2(4,5)1(6)7/h2-3,6,8,16H,4-5,7,9H2,1H3,(H,18,19);(H,6,7). The lowest BCUT2D eigenvalue weighted by Gasteiger charge is -2.15. The SMILES string of the molecule is COc1ccc2nc(CSc3cnn4c3CNCC4)[nH]c2c1.O=C(O)C(F)(F)F. The number of nitrogens with one attached hydrogen (secondary N) is 2. The summed E-state index contributed by atoms with van der Waals surface area (Å²) < 4.78 is 39.1. The smallest absolute Gasteiger partial charge is 0.490 e. The van der Waals surface area contributed by atoms with Crippen molar-refractivity contribution < 1.29 is 27.8 Å². The minimum absolute atomic E-state index is 0.801. The summed E-state index contributed by atoms with van der Waals surface area (Å²) in [6.45, 7) is 2.82. The van der Waals surface area contributed by atoms with Crippen LogP contribution in [0.3, 0.4) is 0 Å². The van der Waals surface area contributed by atoms with Crippen molar-refractivity contribution >= 4 is 28.8 Å². The Hall–Kier alpha value is -2.73. The molecule has 0 fully saturated rings. The third kappa shape index (κ3) is 5.21. The summed E-state index contributed by atoms with van der Waals surface area (Å²) in [5.74, 6) is -0.146. The number of H-pyrrole nitrogens is 1. The molecule has 3 N–H and O–H groups in total. The second kappa shape index (κ2) is 8.74. The molecule has 1 aromatic carbocycles. The number of aromatic nitrogens is 4. The zero-order chi connectivity index (χ0) is 21.0. The Kier molecular flexibility index (Phi) is 6.33. The maximum atomic E-state index is 10.6. The second-order valence-corrected chi connectivity index (χ2v) is 7.03. The first kappa shape index (κ1) is 21.0. The highest BCUT2D eigenvalue weighted by atomic mass is 32.2. The molecular weight excluding hydrogens is 411 g/mol. The molecule has 12 heteroatoms. The number of carboxylic acid groups (broad SMARTS) is 1. The van der Waals surface area contributed by atoms with E-state index in [1.54, 1.807) is 18.9 Å². The van der Waals surface area contributed by atoms with Crippen molar-refractivity contribution in [1.29, 1.82) is 0 Å². The first-order chi connectivity index (χ1) is 13.8. The van der Waals surface area contributed by atoms with Crippen molar-refractivity contribution in [2.24, 2.45) is 0 Å². The molecule has 156 valence electrons. The number of methoxy groups -OCH3 is 1.